The van der Waals surface area contributed by atoms with Gasteiger partial charge in [0.05, 0.1) is 18.3 Å². The molecule has 0 aliphatic heterocycles. The third kappa shape index (κ3) is 11.0. The molecule has 7 heteroatoms. The van der Waals surface area contributed by atoms with E-state index in [2.05, 4.69) is 45.2 Å². The zero-order valence-electron chi connectivity index (χ0n) is 34.0. The molecule has 0 amide bonds. The van der Waals surface area contributed by atoms with Crippen molar-refractivity contribution in [2.45, 2.75) is 162 Å². The van der Waals surface area contributed by atoms with Crippen molar-refractivity contribution >= 4 is 0 Å². The number of rotatable bonds is 26. The summed E-state index contributed by atoms with van der Waals surface area (Å²) in [5.74, 6) is 3.83. The first-order chi connectivity index (χ1) is 24.8. The van der Waals surface area contributed by atoms with E-state index in [0.717, 1.165) is 52.0 Å². The van der Waals surface area contributed by atoms with Crippen LogP contribution in [0.3, 0.4) is 0 Å². The Bertz CT molecular complexity index is 969. The lowest BCUT2D eigenvalue weighted by molar-refractivity contribution is -0.227. The minimum Gasteiger partial charge on any atom is -0.378 e. The number of unbranched alkanes of at least 4 members (excludes halogenated alkanes) is 5. The van der Waals surface area contributed by atoms with Gasteiger partial charge in [-0.1, -0.05) is 65.9 Å². The Morgan fingerprint density at radius 3 is 2.14 bits per heavy atom. The van der Waals surface area contributed by atoms with E-state index in [4.69, 9.17) is 31.4 Å². The third-order valence-corrected chi connectivity index (χ3v) is 14.8. The van der Waals surface area contributed by atoms with Crippen LogP contribution in [0.15, 0.2) is 12.7 Å². The van der Waals surface area contributed by atoms with Gasteiger partial charge in [0.2, 0.25) is 0 Å². The first-order valence-corrected chi connectivity index (χ1v) is 22.1. The minimum atomic E-state index is 0.162. The fourth-order valence-electron chi connectivity index (χ4n) is 12.0. The Labute approximate surface area is 315 Å². The lowest BCUT2D eigenvalue weighted by Gasteiger charge is -2.65. The molecule has 0 aromatic rings. The van der Waals surface area contributed by atoms with E-state index in [1.54, 1.807) is 0 Å². The van der Waals surface area contributed by atoms with Gasteiger partial charge < -0.3 is 31.4 Å². The SMILES string of the molecule is C=CCN(CCCCCCCC)CCC[C@@H](C)[C@H]1CC[C@H]2C3[C@H](OCCCN)CC4C[C@H](OCCCN)CC[C@]4(C)[C@H]3C[C@H](OCCCN)[C@]12C. The average Bonchev–Trinajstić information content (AvgIpc) is 3.48. The molecule has 51 heavy (non-hydrogen) atoms. The van der Waals surface area contributed by atoms with Crippen molar-refractivity contribution in [1.29, 1.82) is 0 Å². The third-order valence-electron chi connectivity index (χ3n) is 14.8. The molecule has 7 nitrogen and oxygen atoms in total. The van der Waals surface area contributed by atoms with Crippen molar-refractivity contribution in [3.05, 3.63) is 12.7 Å². The smallest absolute Gasteiger partial charge is 0.0637 e. The van der Waals surface area contributed by atoms with Crippen LogP contribution in [0.1, 0.15) is 143 Å². The Balaban J connectivity index is 1.49. The van der Waals surface area contributed by atoms with Crippen LogP contribution in [-0.2, 0) is 14.2 Å². The van der Waals surface area contributed by atoms with Crippen LogP contribution in [0.25, 0.3) is 0 Å². The summed E-state index contributed by atoms with van der Waals surface area (Å²) in [7, 11) is 0. The molecule has 0 aromatic heterocycles. The molecule has 0 heterocycles. The standard InChI is InChI=1S/C44H84N4O3/c1-6-8-9-10-11-12-26-48(25-7-2)27-13-17-34(3)37-18-19-38-42-39(33-41(44(37,38)5)51-30-16-24-47)43(4)21-20-36(49-28-14-22-45)31-35(43)32-40(42)50-29-15-23-46/h7,34-42H,2,6,8-33,45-47H2,1,3-5H3/t34-,35?,36-,37-,38+,39+,40-,41+,42?,43+,44-/m1/s1. The highest BCUT2D eigenvalue weighted by Crippen LogP contribution is 2.69. The molecule has 0 radical (unpaired) electrons. The highest BCUT2D eigenvalue weighted by molar-refractivity contribution is 5.15. The molecular formula is C44H84N4O3. The normalized spacial score (nSPS) is 35.4. The van der Waals surface area contributed by atoms with Crippen molar-refractivity contribution < 1.29 is 14.2 Å². The maximum absolute atomic E-state index is 7.08. The van der Waals surface area contributed by atoms with Crippen LogP contribution in [0.4, 0.5) is 0 Å². The molecule has 0 aromatic carbocycles. The molecular weight excluding hydrogens is 633 g/mol. The number of hydrogen-bond acceptors (Lipinski definition) is 7. The zero-order valence-corrected chi connectivity index (χ0v) is 34.0. The van der Waals surface area contributed by atoms with Crippen LogP contribution in [0.2, 0.25) is 0 Å². The van der Waals surface area contributed by atoms with E-state index in [1.165, 1.54) is 103 Å². The van der Waals surface area contributed by atoms with Gasteiger partial charge in [0.15, 0.2) is 0 Å². The van der Waals surface area contributed by atoms with Gasteiger partial charge in [-0.25, -0.2) is 0 Å². The van der Waals surface area contributed by atoms with Gasteiger partial charge in [-0.3, -0.25) is 4.90 Å². The van der Waals surface area contributed by atoms with E-state index >= 15 is 0 Å². The lowest BCUT2D eigenvalue weighted by Crippen LogP contribution is -2.63. The van der Waals surface area contributed by atoms with Gasteiger partial charge in [0.1, 0.15) is 0 Å². The molecule has 4 aliphatic carbocycles. The summed E-state index contributed by atoms with van der Waals surface area (Å²) >= 11 is 0. The topological polar surface area (TPSA) is 109 Å². The second kappa shape index (κ2) is 22.1. The Morgan fingerprint density at radius 2 is 1.43 bits per heavy atom. The maximum Gasteiger partial charge on any atom is 0.0637 e. The van der Waals surface area contributed by atoms with E-state index in [1.807, 2.05) is 0 Å². The van der Waals surface area contributed by atoms with Crippen LogP contribution in [-0.4, -0.2) is 82.3 Å². The molecule has 0 saturated heterocycles. The zero-order chi connectivity index (χ0) is 36.7. The summed E-state index contributed by atoms with van der Waals surface area (Å²) in [6.45, 7) is 22.1. The van der Waals surface area contributed by atoms with Gasteiger partial charge in [0.25, 0.3) is 0 Å². The number of nitrogens with zero attached hydrogens (tertiary/aromatic N) is 1. The second-order valence-corrected chi connectivity index (χ2v) is 18.0. The molecule has 11 atom stereocenters. The summed E-state index contributed by atoms with van der Waals surface area (Å²) < 4.78 is 20.5. The van der Waals surface area contributed by atoms with Crippen molar-refractivity contribution in [2.75, 3.05) is 59.1 Å². The van der Waals surface area contributed by atoms with Crippen LogP contribution >= 0.6 is 0 Å². The first kappa shape index (κ1) is 43.2. The van der Waals surface area contributed by atoms with Crippen molar-refractivity contribution in [3.63, 3.8) is 0 Å². The predicted octanol–water partition coefficient (Wildman–Crippen LogP) is 8.33. The monoisotopic (exact) mass is 717 g/mol. The summed E-state index contributed by atoms with van der Waals surface area (Å²) in [5, 5.41) is 0. The maximum atomic E-state index is 7.08. The minimum absolute atomic E-state index is 0.162. The number of fused-ring (bicyclic) bond motifs is 5. The molecule has 4 saturated carbocycles. The van der Waals surface area contributed by atoms with Crippen LogP contribution < -0.4 is 17.2 Å². The van der Waals surface area contributed by atoms with E-state index in [0.29, 0.717) is 72.8 Å². The summed E-state index contributed by atoms with van der Waals surface area (Å²) in [5.41, 5.74) is 18.3. The second-order valence-electron chi connectivity index (χ2n) is 18.0. The highest BCUT2D eigenvalue weighted by atomic mass is 16.5. The largest absolute Gasteiger partial charge is 0.378 e. The van der Waals surface area contributed by atoms with Gasteiger partial charge in [-0.05, 0) is 157 Å². The lowest BCUT2D eigenvalue weighted by atomic mass is 9.43. The van der Waals surface area contributed by atoms with Gasteiger partial charge in [0, 0.05) is 31.8 Å². The summed E-state index contributed by atoms with van der Waals surface area (Å²) in [6.07, 6.45) is 25.1. The fraction of sp³-hybridized carbons (Fsp3) is 0.955. The fourth-order valence-corrected chi connectivity index (χ4v) is 12.0. The molecule has 298 valence electrons. The van der Waals surface area contributed by atoms with Crippen molar-refractivity contribution in [2.24, 2.45) is 63.5 Å². The average molecular weight is 717 g/mol. The van der Waals surface area contributed by atoms with E-state index < -0.39 is 0 Å². The first-order valence-electron chi connectivity index (χ1n) is 22.1. The molecule has 6 N–H and O–H groups in total. The Morgan fingerprint density at radius 1 is 0.765 bits per heavy atom. The number of hydrogen-bond donors (Lipinski definition) is 3. The molecule has 4 rings (SSSR count). The molecule has 4 fully saturated rings. The quantitative estimate of drug-likeness (QED) is 0.0610. The van der Waals surface area contributed by atoms with Crippen molar-refractivity contribution in [1.82, 2.24) is 4.90 Å². The predicted molar refractivity (Wildman–Crippen MR) is 215 cm³/mol. The Hall–Kier alpha value is -0.540. The molecule has 4 aliphatic rings. The Kier molecular flexibility index (Phi) is 18.7. The molecule has 0 spiro atoms. The summed E-state index contributed by atoms with van der Waals surface area (Å²) in [4.78, 5) is 2.66. The van der Waals surface area contributed by atoms with E-state index in [-0.39, 0.29) is 11.5 Å². The molecule has 2 unspecified atom stereocenters. The van der Waals surface area contributed by atoms with Crippen LogP contribution in [0, 0.1) is 46.3 Å². The summed E-state index contributed by atoms with van der Waals surface area (Å²) in [6, 6.07) is 0. The van der Waals surface area contributed by atoms with Gasteiger partial charge in [-0.15, -0.1) is 6.58 Å². The highest BCUT2D eigenvalue weighted by Gasteiger charge is 2.66. The van der Waals surface area contributed by atoms with Gasteiger partial charge in [-0.2, -0.15) is 0 Å². The van der Waals surface area contributed by atoms with Crippen molar-refractivity contribution in [3.8, 4) is 0 Å². The number of nitrogens with two attached hydrogens (primary N) is 3. The van der Waals surface area contributed by atoms with Crippen LogP contribution in [0.5, 0.6) is 0 Å². The van der Waals surface area contributed by atoms with E-state index in [9.17, 15) is 0 Å². The molecule has 0 bridgehead atoms. The number of ether oxygens (including phenoxy) is 3. The van der Waals surface area contributed by atoms with Gasteiger partial charge >= 0.3 is 0 Å².